The Balaban J connectivity index is 1.51. The molecule has 0 radical (unpaired) electrons. The van der Waals surface area contributed by atoms with Gasteiger partial charge in [-0.25, -0.2) is 13.4 Å². The average molecular weight is 470 g/mol. The number of hydrogen-bond donors (Lipinski definition) is 2. The number of rotatable bonds is 7. The van der Waals surface area contributed by atoms with Crippen LogP contribution >= 0.6 is 11.3 Å². The van der Waals surface area contributed by atoms with Gasteiger partial charge in [-0.3, -0.25) is 14.8 Å². The molecule has 3 aromatic carbocycles. The van der Waals surface area contributed by atoms with Crippen molar-refractivity contribution in [3.05, 3.63) is 72.3 Å². The number of ether oxygens (including phenoxy) is 2. The fourth-order valence-corrected chi connectivity index (χ4v) is 5.06. The molecule has 1 amide bonds. The Hall–Kier alpha value is -3.63. The number of fused-ring (bicyclic) bond motifs is 1. The van der Waals surface area contributed by atoms with Crippen LogP contribution in [0.2, 0.25) is 0 Å². The van der Waals surface area contributed by atoms with Crippen molar-refractivity contribution in [3.8, 4) is 11.5 Å². The van der Waals surface area contributed by atoms with Crippen LogP contribution in [0.1, 0.15) is 10.4 Å². The average Bonchev–Trinajstić information content (AvgIpc) is 3.22. The fourth-order valence-electron chi connectivity index (χ4n) is 3.01. The van der Waals surface area contributed by atoms with E-state index >= 15 is 0 Å². The minimum atomic E-state index is -3.71. The van der Waals surface area contributed by atoms with Gasteiger partial charge in [0.2, 0.25) is 0 Å². The Labute approximate surface area is 188 Å². The molecule has 0 saturated heterocycles. The number of amides is 1. The summed E-state index contributed by atoms with van der Waals surface area (Å²) in [7, 11) is -0.595. The van der Waals surface area contributed by atoms with Crippen LogP contribution in [0, 0.1) is 0 Å². The zero-order valence-corrected chi connectivity index (χ0v) is 18.8. The number of thiazole rings is 1. The van der Waals surface area contributed by atoms with Gasteiger partial charge in [0.05, 0.1) is 19.1 Å². The molecule has 32 heavy (non-hydrogen) atoms. The van der Waals surface area contributed by atoms with Crippen LogP contribution in [0.4, 0.5) is 10.8 Å². The SMILES string of the molecule is COc1ccc(OC)c2sc(NC(=O)c3ccc(NS(=O)(=O)c4ccccc4)cc3)nc12. The molecule has 0 saturated carbocycles. The first kappa shape index (κ1) is 21.6. The molecule has 4 aromatic rings. The van der Waals surface area contributed by atoms with Crippen molar-refractivity contribution in [2.75, 3.05) is 24.3 Å². The highest BCUT2D eigenvalue weighted by molar-refractivity contribution is 7.92. The van der Waals surface area contributed by atoms with E-state index in [-0.39, 0.29) is 10.8 Å². The topological polar surface area (TPSA) is 107 Å². The second-order valence-corrected chi connectivity index (χ2v) is 9.30. The molecular formula is C22H19N3O5S2. The van der Waals surface area contributed by atoms with Crippen LogP contribution in [-0.2, 0) is 10.0 Å². The zero-order chi connectivity index (χ0) is 22.7. The van der Waals surface area contributed by atoms with Crippen LogP contribution in [0.3, 0.4) is 0 Å². The highest BCUT2D eigenvalue weighted by Gasteiger charge is 2.17. The number of benzene rings is 3. The molecular weight excluding hydrogens is 450 g/mol. The van der Waals surface area contributed by atoms with Gasteiger partial charge in [0, 0.05) is 11.3 Å². The van der Waals surface area contributed by atoms with Crippen molar-refractivity contribution in [1.29, 1.82) is 0 Å². The first-order valence-corrected chi connectivity index (χ1v) is 11.7. The van der Waals surface area contributed by atoms with Crippen LogP contribution in [-0.4, -0.2) is 33.5 Å². The van der Waals surface area contributed by atoms with E-state index in [9.17, 15) is 13.2 Å². The first-order chi connectivity index (χ1) is 15.4. The van der Waals surface area contributed by atoms with Crippen molar-refractivity contribution in [2.45, 2.75) is 4.90 Å². The molecule has 0 aliphatic carbocycles. The molecule has 8 nitrogen and oxygen atoms in total. The van der Waals surface area contributed by atoms with Gasteiger partial charge in [0.15, 0.2) is 5.13 Å². The molecule has 1 heterocycles. The van der Waals surface area contributed by atoms with Crippen LogP contribution in [0.25, 0.3) is 10.2 Å². The van der Waals surface area contributed by atoms with Crippen molar-refractivity contribution in [3.63, 3.8) is 0 Å². The van der Waals surface area contributed by atoms with Crippen LogP contribution in [0.5, 0.6) is 11.5 Å². The normalized spacial score (nSPS) is 11.2. The minimum Gasteiger partial charge on any atom is -0.495 e. The van der Waals surface area contributed by atoms with Crippen LogP contribution < -0.4 is 19.5 Å². The van der Waals surface area contributed by atoms with Gasteiger partial charge in [-0.15, -0.1) is 0 Å². The van der Waals surface area contributed by atoms with E-state index in [1.165, 1.54) is 47.7 Å². The molecule has 4 rings (SSSR count). The molecule has 0 spiro atoms. The van der Waals surface area contributed by atoms with Gasteiger partial charge < -0.3 is 9.47 Å². The van der Waals surface area contributed by atoms with Gasteiger partial charge in [-0.2, -0.15) is 0 Å². The molecule has 10 heteroatoms. The van der Waals surface area contributed by atoms with E-state index in [0.717, 1.165) is 4.70 Å². The van der Waals surface area contributed by atoms with Gasteiger partial charge in [-0.05, 0) is 48.5 Å². The van der Waals surface area contributed by atoms with E-state index in [1.54, 1.807) is 44.6 Å². The minimum absolute atomic E-state index is 0.156. The van der Waals surface area contributed by atoms with Gasteiger partial charge in [-0.1, -0.05) is 29.5 Å². The maximum absolute atomic E-state index is 12.7. The highest BCUT2D eigenvalue weighted by Crippen LogP contribution is 2.38. The molecule has 164 valence electrons. The van der Waals surface area contributed by atoms with E-state index in [2.05, 4.69) is 15.0 Å². The van der Waals surface area contributed by atoms with E-state index in [4.69, 9.17) is 9.47 Å². The lowest BCUT2D eigenvalue weighted by atomic mass is 10.2. The fraction of sp³-hybridized carbons (Fsp3) is 0.0909. The third kappa shape index (κ3) is 4.36. The zero-order valence-electron chi connectivity index (χ0n) is 17.2. The van der Waals surface area contributed by atoms with Crippen molar-refractivity contribution in [2.24, 2.45) is 0 Å². The first-order valence-electron chi connectivity index (χ1n) is 9.42. The third-order valence-electron chi connectivity index (χ3n) is 4.58. The monoisotopic (exact) mass is 469 g/mol. The molecule has 0 aliphatic heterocycles. The van der Waals surface area contributed by atoms with Crippen molar-refractivity contribution in [1.82, 2.24) is 4.98 Å². The van der Waals surface area contributed by atoms with E-state index < -0.39 is 10.0 Å². The van der Waals surface area contributed by atoms with Gasteiger partial charge in [0.25, 0.3) is 15.9 Å². The lowest BCUT2D eigenvalue weighted by Crippen LogP contribution is -2.14. The molecule has 0 unspecified atom stereocenters. The molecule has 2 N–H and O–H groups in total. The number of hydrogen-bond acceptors (Lipinski definition) is 7. The summed E-state index contributed by atoms with van der Waals surface area (Å²) in [5.74, 6) is 0.834. The summed E-state index contributed by atoms with van der Waals surface area (Å²) in [5.41, 5.74) is 1.29. The Kier molecular flexibility index (Phi) is 5.97. The Morgan fingerprint density at radius 3 is 2.22 bits per heavy atom. The Morgan fingerprint density at radius 2 is 1.56 bits per heavy atom. The summed E-state index contributed by atoms with van der Waals surface area (Å²) >= 11 is 1.27. The summed E-state index contributed by atoms with van der Waals surface area (Å²) in [6, 6.07) is 17.7. The maximum atomic E-state index is 12.7. The number of sulfonamides is 1. The largest absolute Gasteiger partial charge is 0.495 e. The number of nitrogens with zero attached hydrogens (tertiary/aromatic N) is 1. The molecule has 0 bridgehead atoms. The van der Waals surface area contributed by atoms with E-state index in [1.807, 2.05) is 0 Å². The molecule has 0 aliphatic rings. The summed E-state index contributed by atoms with van der Waals surface area (Å²) < 4.78 is 38.8. The quantitative estimate of drug-likeness (QED) is 0.416. The Bertz CT molecular complexity index is 1330. The number of carbonyl (C=O) groups is 1. The van der Waals surface area contributed by atoms with E-state index in [0.29, 0.717) is 33.4 Å². The standard InChI is InChI=1S/C22H19N3O5S2/c1-29-17-12-13-18(30-2)20-19(17)23-22(31-20)24-21(26)14-8-10-15(11-9-14)25-32(27,28)16-6-4-3-5-7-16/h3-13,25H,1-2H3,(H,23,24,26). The van der Waals surface area contributed by atoms with Crippen LogP contribution in [0.15, 0.2) is 71.6 Å². The molecule has 0 atom stereocenters. The highest BCUT2D eigenvalue weighted by atomic mass is 32.2. The summed E-state index contributed by atoms with van der Waals surface area (Å²) in [4.78, 5) is 17.3. The lowest BCUT2D eigenvalue weighted by molar-refractivity contribution is 0.102. The summed E-state index contributed by atoms with van der Waals surface area (Å²) in [6.07, 6.45) is 0. The number of methoxy groups -OCH3 is 2. The Morgan fingerprint density at radius 1 is 0.906 bits per heavy atom. The maximum Gasteiger partial charge on any atom is 0.261 e. The summed E-state index contributed by atoms with van der Waals surface area (Å²) in [6.45, 7) is 0. The van der Waals surface area contributed by atoms with Crippen molar-refractivity contribution >= 4 is 48.3 Å². The lowest BCUT2D eigenvalue weighted by Gasteiger charge is -2.08. The predicted octanol–water partition coefficient (Wildman–Crippen LogP) is 4.37. The van der Waals surface area contributed by atoms with Crippen molar-refractivity contribution < 1.29 is 22.7 Å². The second kappa shape index (κ2) is 8.85. The number of nitrogens with one attached hydrogen (secondary N) is 2. The third-order valence-corrected chi connectivity index (χ3v) is 6.97. The number of anilines is 2. The van der Waals surface area contributed by atoms with Gasteiger partial charge in [0.1, 0.15) is 21.7 Å². The molecule has 0 fully saturated rings. The number of aromatic nitrogens is 1. The van der Waals surface area contributed by atoms with Gasteiger partial charge >= 0.3 is 0 Å². The second-order valence-electron chi connectivity index (χ2n) is 6.62. The molecule has 1 aromatic heterocycles. The number of carbonyl (C=O) groups excluding carboxylic acids is 1. The summed E-state index contributed by atoms with van der Waals surface area (Å²) in [5, 5.41) is 3.15. The smallest absolute Gasteiger partial charge is 0.261 e. The predicted molar refractivity (Wildman–Crippen MR) is 124 cm³/mol.